The first kappa shape index (κ1) is 11.4. The third-order valence-electron chi connectivity index (χ3n) is 1.78. The van der Waals surface area contributed by atoms with Crippen LogP contribution in [0.2, 0.25) is 0 Å². The molecule has 0 nitrogen and oxygen atoms in total. The van der Waals surface area contributed by atoms with E-state index in [-0.39, 0.29) is 5.56 Å². The van der Waals surface area contributed by atoms with Gasteiger partial charge in [-0.3, -0.25) is 0 Å². The Morgan fingerprint density at radius 2 is 1.86 bits per heavy atom. The molecule has 1 unspecified atom stereocenters. The smallest absolute Gasteiger partial charge is 0.207 e. The first-order valence-electron chi connectivity index (χ1n) is 3.87. The lowest BCUT2D eigenvalue weighted by molar-refractivity contribution is -0.137. The van der Waals surface area contributed by atoms with Crippen molar-refractivity contribution >= 4 is 12.6 Å². The molecule has 0 N–H and O–H groups in total. The molecule has 0 bridgehead atoms. The second-order valence-electron chi connectivity index (χ2n) is 2.91. The molecule has 1 rings (SSSR count). The number of hydrogen-bond donors (Lipinski definition) is 1. The molecule has 0 saturated carbocycles. The fraction of sp³-hybridized carbons (Fsp3) is 0.333. The van der Waals surface area contributed by atoms with Crippen molar-refractivity contribution in [1.82, 2.24) is 0 Å². The van der Waals surface area contributed by atoms with Gasteiger partial charge < -0.3 is 0 Å². The van der Waals surface area contributed by atoms with E-state index in [0.29, 0.717) is 6.07 Å². The summed E-state index contributed by atoms with van der Waals surface area (Å²) in [6, 6.07) is 2.45. The monoisotopic (exact) mass is 224 g/mol. The molecule has 0 aromatic heterocycles. The summed E-state index contributed by atoms with van der Waals surface area (Å²) in [5.41, 5.74) is -0.811. The Kier molecular flexibility index (Phi) is 3.09. The molecular formula is C9H8F4S. The first-order chi connectivity index (χ1) is 6.32. The van der Waals surface area contributed by atoms with E-state index in [2.05, 4.69) is 12.6 Å². The Hall–Kier alpha value is -0.710. The van der Waals surface area contributed by atoms with Crippen molar-refractivity contribution < 1.29 is 17.6 Å². The van der Waals surface area contributed by atoms with Crippen molar-refractivity contribution in [3.8, 4) is 0 Å². The van der Waals surface area contributed by atoms with Gasteiger partial charge in [-0.25, -0.2) is 4.39 Å². The van der Waals surface area contributed by atoms with Crippen LogP contribution >= 0.6 is 12.6 Å². The standard InChI is InChI=1S/C9H8F4S/c1-5(14)7-3-2-6(4-8(7)10)9(11,12)13/h2-5,14H,1H3. The molecule has 0 heterocycles. The van der Waals surface area contributed by atoms with E-state index in [1.165, 1.54) is 0 Å². The van der Waals surface area contributed by atoms with E-state index in [1.807, 2.05) is 0 Å². The van der Waals surface area contributed by atoms with Crippen LogP contribution in [0.5, 0.6) is 0 Å². The zero-order valence-electron chi connectivity index (χ0n) is 7.27. The fourth-order valence-electron chi connectivity index (χ4n) is 1.04. The van der Waals surface area contributed by atoms with Gasteiger partial charge in [0.15, 0.2) is 0 Å². The average Bonchev–Trinajstić information content (AvgIpc) is 2.01. The Morgan fingerprint density at radius 3 is 2.21 bits per heavy atom. The predicted octanol–water partition coefficient (Wildman–Crippen LogP) is 3.84. The highest BCUT2D eigenvalue weighted by molar-refractivity contribution is 7.80. The summed E-state index contributed by atoms with van der Waals surface area (Å²) < 4.78 is 49.4. The predicted molar refractivity (Wildman–Crippen MR) is 48.8 cm³/mol. The third kappa shape index (κ3) is 2.41. The Bertz CT molecular complexity index is 330. The van der Waals surface area contributed by atoms with Crippen LogP contribution in [-0.2, 0) is 6.18 Å². The van der Waals surface area contributed by atoms with Crippen LogP contribution in [0, 0.1) is 5.82 Å². The van der Waals surface area contributed by atoms with Crippen LogP contribution < -0.4 is 0 Å². The minimum Gasteiger partial charge on any atom is -0.207 e. The molecule has 0 spiro atoms. The van der Waals surface area contributed by atoms with Crippen LogP contribution in [0.15, 0.2) is 18.2 Å². The molecule has 5 heteroatoms. The summed E-state index contributed by atoms with van der Waals surface area (Å²) in [6.45, 7) is 1.59. The molecule has 0 radical (unpaired) electrons. The lowest BCUT2D eigenvalue weighted by atomic mass is 10.1. The topological polar surface area (TPSA) is 0 Å². The van der Waals surface area contributed by atoms with Crippen LogP contribution in [0.1, 0.15) is 23.3 Å². The van der Waals surface area contributed by atoms with E-state index in [0.717, 1.165) is 12.1 Å². The van der Waals surface area contributed by atoms with E-state index < -0.39 is 22.8 Å². The maximum atomic E-state index is 13.1. The molecule has 0 aliphatic heterocycles. The van der Waals surface area contributed by atoms with Crippen LogP contribution in [0.25, 0.3) is 0 Å². The quantitative estimate of drug-likeness (QED) is 0.544. The first-order valence-corrected chi connectivity index (χ1v) is 4.38. The summed E-state index contributed by atoms with van der Waals surface area (Å²) in [5, 5.41) is -0.419. The van der Waals surface area contributed by atoms with Crippen molar-refractivity contribution in [3.63, 3.8) is 0 Å². The summed E-state index contributed by atoms with van der Waals surface area (Å²) >= 11 is 3.94. The molecular weight excluding hydrogens is 216 g/mol. The molecule has 0 saturated heterocycles. The van der Waals surface area contributed by atoms with E-state index in [9.17, 15) is 17.6 Å². The van der Waals surface area contributed by atoms with Crippen LogP contribution in [-0.4, -0.2) is 0 Å². The summed E-state index contributed by atoms with van der Waals surface area (Å²) in [6.07, 6.45) is -4.50. The Labute approximate surface area is 84.3 Å². The van der Waals surface area contributed by atoms with Gasteiger partial charge in [-0.15, -0.1) is 0 Å². The van der Waals surface area contributed by atoms with Crippen molar-refractivity contribution in [2.45, 2.75) is 18.3 Å². The van der Waals surface area contributed by atoms with Gasteiger partial charge in [-0.05, 0) is 19.1 Å². The SMILES string of the molecule is CC(S)c1ccc(C(F)(F)F)cc1F. The van der Waals surface area contributed by atoms with Gasteiger partial charge in [0, 0.05) is 10.8 Å². The zero-order valence-corrected chi connectivity index (χ0v) is 8.16. The maximum Gasteiger partial charge on any atom is 0.416 e. The van der Waals surface area contributed by atoms with Crippen molar-refractivity contribution in [2.24, 2.45) is 0 Å². The normalized spacial score (nSPS) is 14.1. The number of halogens is 4. The Morgan fingerprint density at radius 1 is 1.29 bits per heavy atom. The molecule has 1 atom stereocenters. The van der Waals surface area contributed by atoms with Gasteiger partial charge in [0.1, 0.15) is 5.82 Å². The fourth-order valence-corrected chi connectivity index (χ4v) is 1.25. The molecule has 0 aliphatic rings. The van der Waals surface area contributed by atoms with E-state index in [1.54, 1.807) is 6.92 Å². The summed E-state index contributed by atoms with van der Waals surface area (Å²) in [4.78, 5) is 0. The zero-order chi connectivity index (χ0) is 10.9. The van der Waals surface area contributed by atoms with Gasteiger partial charge in [0.25, 0.3) is 0 Å². The van der Waals surface area contributed by atoms with Crippen molar-refractivity contribution in [2.75, 3.05) is 0 Å². The van der Waals surface area contributed by atoms with Gasteiger partial charge in [0.05, 0.1) is 5.56 Å². The summed E-state index contributed by atoms with van der Waals surface area (Å²) in [5.74, 6) is -0.873. The number of hydrogen-bond acceptors (Lipinski definition) is 1. The molecule has 0 aliphatic carbocycles. The molecule has 14 heavy (non-hydrogen) atoms. The van der Waals surface area contributed by atoms with Crippen molar-refractivity contribution in [1.29, 1.82) is 0 Å². The number of benzene rings is 1. The molecule has 1 aromatic rings. The highest BCUT2D eigenvalue weighted by Gasteiger charge is 2.31. The second-order valence-corrected chi connectivity index (χ2v) is 3.68. The number of alkyl halides is 3. The van der Waals surface area contributed by atoms with Crippen LogP contribution in [0.4, 0.5) is 17.6 Å². The highest BCUT2D eigenvalue weighted by Crippen LogP contribution is 2.32. The van der Waals surface area contributed by atoms with Gasteiger partial charge in [-0.2, -0.15) is 25.8 Å². The summed E-state index contributed by atoms with van der Waals surface area (Å²) in [7, 11) is 0. The van der Waals surface area contributed by atoms with Gasteiger partial charge >= 0.3 is 6.18 Å². The van der Waals surface area contributed by atoms with Gasteiger partial charge in [0.2, 0.25) is 0 Å². The molecule has 0 fully saturated rings. The van der Waals surface area contributed by atoms with E-state index >= 15 is 0 Å². The average molecular weight is 224 g/mol. The maximum absolute atomic E-state index is 13.1. The Balaban J connectivity index is 3.13. The van der Waals surface area contributed by atoms with Gasteiger partial charge in [-0.1, -0.05) is 6.07 Å². The lowest BCUT2D eigenvalue weighted by Gasteiger charge is -2.10. The molecule has 1 aromatic carbocycles. The number of thiol groups is 1. The highest BCUT2D eigenvalue weighted by atomic mass is 32.1. The third-order valence-corrected chi connectivity index (χ3v) is 2.06. The lowest BCUT2D eigenvalue weighted by Crippen LogP contribution is -2.06. The molecule has 78 valence electrons. The number of rotatable bonds is 1. The largest absolute Gasteiger partial charge is 0.416 e. The van der Waals surface area contributed by atoms with Crippen LogP contribution in [0.3, 0.4) is 0 Å². The van der Waals surface area contributed by atoms with E-state index in [4.69, 9.17) is 0 Å². The van der Waals surface area contributed by atoms with Crippen molar-refractivity contribution in [3.05, 3.63) is 35.1 Å². The molecule has 0 amide bonds. The minimum atomic E-state index is -4.50. The second kappa shape index (κ2) is 3.81. The minimum absolute atomic E-state index is 0.168.